The van der Waals surface area contributed by atoms with Crippen LogP contribution >= 0.6 is 0 Å². The number of rotatable bonds is 8. The van der Waals surface area contributed by atoms with Gasteiger partial charge in [-0.15, -0.1) is 0 Å². The molecule has 0 saturated carbocycles. The van der Waals surface area contributed by atoms with E-state index in [0.717, 1.165) is 30.9 Å². The van der Waals surface area contributed by atoms with Crippen LogP contribution in [0.1, 0.15) is 30.1 Å². The number of aromatic nitrogens is 1. The third kappa shape index (κ3) is 6.99. The molecule has 0 aliphatic carbocycles. The molecule has 0 unspecified atom stereocenters. The van der Waals surface area contributed by atoms with E-state index in [4.69, 9.17) is 24.5 Å². The average Bonchev–Trinajstić information content (AvgIpc) is 3.67. The number of para-hydroxylation sites is 1. The maximum atomic E-state index is 13.4. The van der Waals surface area contributed by atoms with E-state index in [-0.39, 0.29) is 4.90 Å². The van der Waals surface area contributed by atoms with Crippen molar-refractivity contribution in [3.8, 4) is 17.0 Å². The van der Waals surface area contributed by atoms with Gasteiger partial charge < -0.3 is 19.9 Å². The summed E-state index contributed by atoms with van der Waals surface area (Å²) in [7, 11) is -0.573. The molecule has 1 atom stereocenters. The zero-order chi connectivity index (χ0) is 30.3. The maximum Gasteiger partial charge on any atom is 0.414 e. The van der Waals surface area contributed by atoms with Crippen molar-refractivity contribution in [3.63, 3.8) is 0 Å². The van der Waals surface area contributed by atoms with Crippen molar-refractivity contribution >= 4 is 27.6 Å². The predicted octanol–water partition coefficient (Wildman–Crippen LogP) is 5.01. The first-order valence-corrected chi connectivity index (χ1v) is 14.7. The fourth-order valence-corrected chi connectivity index (χ4v) is 6.19. The molecule has 0 amide bonds. The van der Waals surface area contributed by atoms with Crippen LogP contribution in [0.5, 0.6) is 5.75 Å². The molecule has 2 heterocycles. The molecular formula is C31H33N3O7S. The monoisotopic (exact) mass is 591 g/mol. The van der Waals surface area contributed by atoms with Gasteiger partial charge in [0.25, 0.3) is 10.0 Å². The Morgan fingerprint density at radius 3 is 2.21 bits per heavy atom. The number of aromatic amines is 1. The number of carboxylic acid groups (broad SMARTS) is 2. The first kappa shape index (κ1) is 30.4. The number of carbonyl (C=O) groups is 2. The van der Waals surface area contributed by atoms with Crippen LogP contribution in [-0.2, 0) is 26.2 Å². The second-order valence-electron chi connectivity index (χ2n) is 9.72. The van der Waals surface area contributed by atoms with Gasteiger partial charge in [-0.05, 0) is 67.4 Å². The molecule has 0 spiro atoms. The van der Waals surface area contributed by atoms with Crippen molar-refractivity contribution < 1.29 is 33.0 Å². The number of ether oxygens (including phenoxy) is 1. The molecule has 11 heteroatoms. The Morgan fingerprint density at radius 1 is 0.952 bits per heavy atom. The summed E-state index contributed by atoms with van der Waals surface area (Å²) in [5.74, 6) is -3.03. The van der Waals surface area contributed by atoms with Crippen molar-refractivity contribution in [2.24, 2.45) is 0 Å². The van der Waals surface area contributed by atoms with Crippen LogP contribution in [0.4, 0.5) is 5.69 Å². The third-order valence-corrected chi connectivity index (χ3v) is 8.87. The maximum absolute atomic E-state index is 13.4. The van der Waals surface area contributed by atoms with Crippen LogP contribution in [0.3, 0.4) is 0 Å². The summed E-state index contributed by atoms with van der Waals surface area (Å²) in [5, 5.41) is 14.8. The highest BCUT2D eigenvalue weighted by Crippen LogP contribution is 2.35. The highest BCUT2D eigenvalue weighted by Gasteiger charge is 2.27. The number of carboxylic acids is 2. The molecule has 1 aliphatic rings. The standard InChI is InChI=1S/C29H31N3O3S.C2H2O4/c1-31(24-12-7-4-8-13-24)36(33,34)25-16-18-29(35-2)26(20-25)27-17-15-23(30-27)21-32-19-9-14-28(32)22-10-5-3-6-11-22;3-1(4)2(5)6/h3-8,10-13,15-18,20,28,30H,9,14,19,21H2,1-2H3;(H,3,4)(H,5,6)/t28-;/m1./s1. The lowest BCUT2D eigenvalue weighted by atomic mass is 10.0. The molecule has 3 N–H and O–H groups in total. The smallest absolute Gasteiger partial charge is 0.414 e. The molecule has 0 bridgehead atoms. The number of methoxy groups -OCH3 is 1. The van der Waals surface area contributed by atoms with E-state index in [0.29, 0.717) is 23.0 Å². The highest BCUT2D eigenvalue weighted by atomic mass is 32.2. The third-order valence-electron chi connectivity index (χ3n) is 7.09. The van der Waals surface area contributed by atoms with Gasteiger partial charge in [0.2, 0.25) is 0 Å². The minimum Gasteiger partial charge on any atom is -0.496 e. The lowest BCUT2D eigenvalue weighted by Gasteiger charge is -2.24. The van der Waals surface area contributed by atoms with Crippen LogP contribution in [0.15, 0.2) is 95.9 Å². The Bertz CT molecular complexity index is 1610. The second kappa shape index (κ2) is 13.4. The van der Waals surface area contributed by atoms with Crippen LogP contribution < -0.4 is 9.04 Å². The Kier molecular flexibility index (Phi) is 9.66. The van der Waals surface area contributed by atoms with Gasteiger partial charge in [0.05, 0.1) is 17.7 Å². The number of hydrogen-bond acceptors (Lipinski definition) is 6. The first-order valence-electron chi connectivity index (χ1n) is 13.3. The summed E-state index contributed by atoms with van der Waals surface area (Å²) in [5.41, 5.74) is 4.59. The Labute approximate surface area is 244 Å². The summed E-state index contributed by atoms with van der Waals surface area (Å²) < 4.78 is 33.7. The Morgan fingerprint density at radius 2 is 1.60 bits per heavy atom. The van der Waals surface area contributed by atoms with E-state index in [2.05, 4.69) is 46.3 Å². The van der Waals surface area contributed by atoms with E-state index in [1.165, 1.54) is 16.3 Å². The number of nitrogens with one attached hydrogen (secondary N) is 1. The number of anilines is 1. The fourth-order valence-electron chi connectivity index (χ4n) is 4.97. The molecule has 1 aromatic heterocycles. The topological polar surface area (TPSA) is 140 Å². The number of aliphatic carboxylic acids is 2. The van der Waals surface area contributed by atoms with Gasteiger partial charge in [-0.3, -0.25) is 9.21 Å². The number of likely N-dealkylation sites (tertiary alicyclic amines) is 1. The zero-order valence-corrected chi connectivity index (χ0v) is 24.1. The summed E-state index contributed by atoms with van der Waals surface area (Å²) in [4.78, 5) is 24.4. The summed E-state index contributed by atoms with van der Waals surface area (Å²) in [6, 6.07) is 29.2. The Balaban J connectivity index is 0.000000612. The number of benzene rings is 3. The van der Waals surface area contributed by atoms with Crippen molar-refractivity contribution in [3.05, 3.63) is 102 Å². The second-order valence-corrected chi connectivity index (χ2v) is 11.7. The number of sulfonamides is 1. The average molecular weight is 592 g/mol. The van der Waals surface area contributed by atoms with Crippen LogP contribution in [0.25, 0.3) is 11.3 Å². The molecule has 1 fully saturated rings. The van der Waals surface area contributed by atoms with Crippen LogP contribution in [0.2, 0.25) is 0 Å². The molecular weight excluding hydrogens is 558 g/mol. The molecule has 5 rings (SSSR count). The Hall–Kier alpha value is -4.61. The normalized spacial score (nSPS) is 15.0. The molecule has 42 heavy (non-hydrogen) atoms. The predicted molar refractivity (Wildman–Crippen MR) is 159 cm³/mol. The largest absolute Gasteiger partial charge is 0.496 e. The van der Waals surface area contributed by atoms with Crippen molar-refractivity contribution in [1.29, 1.82) is 0 Å². The van der Waals surface area contributed by atoms with E-state index in [9.17, 15) is 8.42 Å². The first-order chi connectivity index (χ1) is 20.1. The summed E-state index contributed by atoms with van der Waals surface area (Å²) in [6.45, 7) is 1.85. The van der Waals surface area contributed by atoms with Gasteiger partial charge in [0.15, 0.2) is 0 Å². The van der Waals surface area contributed by atoms with Gasteiger partial charge in [0.1, 0.15) is 5.75 Å². The quantitative estimate of drug-likeness (QED) is 0.243. The fraction of sp³-hybridized carbons (Fsp3) is 0.226. The molecule has 10 nitrogen and oxygen atoms in total. The molecule has 3 aromatic carbocycles. The molecule has 1 aliphatic heterocycles. The molecule has 1 saturated heterocycles. The van der Waals surface area contributed by atoms with E-state index < -0.39 is 22.0 Å². The number of hydrogen-bond donors (Lipinski definition) is 3. The summed E-state index contributed by atoms with van der Waals surface area (Å²) in [6.07, 6.45) is 2.33. The molecule has 220 valence electrons. The van der Waals surface area contributed by atoms with Crippen molar-refractivity contribution in [1.82, 2.24) is 9.88 Å². The lowest BCUT2D eigenvalue weighted by Crippen LogP contribution is -2.26. The van der Waals surface area contributed by atoms with E-state index in [1.54, 1.807) is 44.5 Å². The molecule has 0 radical (unpaired) electrons. The number of nitrogens with zero attached hydrogens (tertiary/aromatic N) is 2. The minimum absolute atomic E-state index is 0.212. The van der Waals surface area contributed by atoms with E-state index >= 15 is 0 Å². The van der Waals surface area contributed by atoms with Gasteiger partial charge in [-0.2, -0.15) is 0 Å². The SMILES string of the molecule is COc1ccc(S(=O)(=O)N(C)c2ccccc2)cc1-c1ccc(CN2CCC[C@@H]2c2ccccc2)[nH]1.O=C(O)C(=O)O. The molecule has 4 aromatic rings. The lowest BCUT2D eigenvalue weighted by molar-refractivity contribution is -0.159. The number of H-pyrrole nitrogens is 1. The van der Waals surface area contributed by atoms with Gasteiger partial charge >= 0.3 is 11.9 Å². The zero-order valence-electron chi connectivity index (χ0n) is 23.3. The van der Waals surface area contributed by atoms with Gasteiger partial charge in [0, 0.05) is 36.6 Å². The van der Waals surface area contributed by atoms with Crippen molar-refractivity contribution in [2.75, 3.05) is 25.0 Å². The minimum atomic E-state index is -3.74. The van der Waals surface area contributed by atoms with E-state index in [1.807, 2.05) is 24.3 Å². The van der Waals surface area contributed by atoms with Crippen LogP contribution in [-0.4, -0.2) is 61.2 Å². The summed E-state index contributed by atoms with van der Waals surface area (Å²) >= 11 is 0. The van der Waals surface area contributed by atoms with Gasteiger partial charge in [-0.25, -0.2) is 18.0 Å². The van der Waals surface area contributed by atoms with Crippen LogP contribution in [0, 0.1) is 0 Å². The van der Waals surface area contributed by atoms with Crippen molar-refractivity contribution in [2.45, 2.75) is 30.3 Å². The highest BCUT2D eigenvalue weighted by molar-refractivity contribution is 7.92. The van der Waals surface area contributed by atoms with Gasteiger partial charge in [-0.1, -0.05) is 48.5 Å².